The lowest BCUT2D eigenvalue weighted by molar-refractivity contribution is -0.757. The number of carbonyl (C=O) groups excluding carboxylic acids is 2. The third kappa shape index (κ3) is 7.74. The number of amides is 2. The quantitative estimate of drug-likeness (QED) is 0.328. The molecule has 2 N–H and O–H groups in total. The summed E-state index contributed by atoms with van der Waals surface area (Å²) in [4.78, 5) is 37.1. The lowest BCUT2D eigenvalue weighted by atomic mass is 10.2. The Balaban J connectivity index is 2.35. The van der Waals surface area contributed by atoms with Crippen molar-refractivity contribution >= 4 is 11.8 Å². The summed E-state index contributed by atoms with van der Waals surface area (Å²) in [6.07, 6.45) is 2.33. The smallest absolute Gasteiger partial charge is 0.294 e. The summed E-state index contributed by atoms with van der Waals surface area (Å²) in [5, 5.41) is 13.9. The van der Waals surface area contributed by atoms with Gasteiger partial charge in [-0.3, -0.25) is 9.59 Å². The van der Waals surface area contributed by atoms with Gasteiger partial charge in [0.1, 0.15) is 12.6 Å². The van der Waals surface area contributed by atoms with Gasteiger partial charge in [0, 0.05) is 20.1 Å². The predicted octanol–water partition coefficient (Wildman–Crippen LogP) is -0.641. The van der Waals surface area contributed by atoms with E-state index in [9.17, 15) is 19.7 Å². The van der Waals surface area contributed by atoms with Crippen LogP contribution in [0.2, 0.25) is 0 Å². The SMILES string of the molecule is CC(=O)N[C@@H](COC1CCCCO1)C(=O)NCCO[N+](=O)[O-]. The van der Waals surface area contributed by atoms with E-state index in [0.29, 0.717) is 6.61 Å². The Morgan fingerprint density at radius 1 is 1.45 bits per heavy atom. The molecule has 126 valence electrons. The van der Waals surface area contributed by atoms with Crippen molar-refractivity contribution in [2.75, 3.05) is 26.4 Å². The molecule has 1 aliphatic rings. The molecule has 1 rings (SSSR count). The van der Waals surface area contributed by atoms with Crippen LogP contribution in [0.1, 0.15) is 26.2 Å². The molecule has 1 saturated heterocycles. The van der Waals surface area contributed by atoms with Crippen LogP contribution in [0.5, 0.6) is 0 Å². The zero-order chi connectivity index (χ0) is 16.4. The number of carbonyl (C=O) groups is 2. The third-order valence-corrected chi connectivity index (χ3v) is 2.88. The summed E-state index contributed by atoms with van der Waals surface area (Å²) in [5.74, 6) is -0.882. The monoisotopic (exact) mass is 319 g/mol. The Morgan fingerprint density at radius 2 is 2.23 bits per heavy atom. The van der Waals surface area contributed by atoms with Gasteiger partial charge >= 0.3 is 0 Å². The molecule has 0 aromatic carbocycles. The van der Waals surface area contributed by atoms with Crippen molar-refractivity contribution in [2.24, 2.45) is 0 Å². The summed E-state index contributed by atoms with van der Waals surface area (Å²) in [7, 11) is 0. The Morgan fingerprint density at radius 3 is 2.82 bits per heavy atom. The van der Waals surface area contributed by atoms with E-state index in [0.717, 1.165) is 19.3 Å². The van der Waals surface area contributed by atoms with Gasteiger partial charge in [0.2, 0.25) is 11.8 Å². The Labute approximate surface area is 127 Å². The van der Waals surface area contributed by atoms with E-state index in [2.05, 4.69) is 15.5 Å². The molecular weight excluding hydrogens is 298 g/mol. The van der Waals surface area contributed by atoms with Gasteiger partial charge in [-0.05, 0) is 19.3 Å². The molecule has 10 nitrogen and oxygen atoms in total. The Kier molecular flexibility index (Phi) is 8.15. The number of ether oxygens (including phenoxy) is 2. The zero-order valence-electron chi connectivity index (χ0n) is 12.4. The van der Waals surface area contributed by atoms with Gasteiger partial charge in [0.15, 0.2) is 6.29 Å². The van der Waals surface area contributed by atoms with Crippen molar-refractivity contribution < 1.29 is 29.0 Å². The number of nitrogens with one attached hydrogen (secondary N) is 2. The van der Waals surface area contributed by atoms with Gasteiger partial charge in [0.05, 0.1) is 6.61 Å². The Hall–Kier alpha value is -1.94. The number of nitrogens with zero attached hydrogens (tertiary/aromatic N) is 1. The van der Waals surface area contributed by atoms with Crippen LogP contribution in [0.3, 0.4) is 0 Å². The molecule has 0 aromatic rings. The van der Waals surface area contributed by atoms with Gasteiger partial charge in [0.25, 0.3) is 5.09 Å². The zero-order valence-corrected chi connectivity index (χ0v) is 12.4. The average molecular weight is 319 g/mol. The molecule has 2 amide bonds. The molecule has 22 heavy (non-hydrogen) atoms. The van der Waals surface area contributed by atoms with Crippen LogP contribution in [0.25, 0.3) is 0 Å². The molecule has 0 spiro atoms. The van der Waals surface area contributed by atoms with E-state index in [-0.39, 0.29) is 32.0 Å². The first-order valence-corrected chi connectivity index (χ1v) is 7.04. The topological polar surface area (TPSA) is 129 Å². The molecule has 1 fully saturated rings. The van der Waals surface area contributed by atoms with Crippen LogP contribution in [-0.2, 0) is 23.9 Å². The van der Waals surface area contributed by atoms with E-state index >= 15 is 0 Å². The fourth-order valence-corrected chi connectivity index (χ4v) is 1.89. The van der Waals surface area contributed by atoms with Crippen molar-refractivity contribution in [3.8, 4) is 0 Å². The van der Waals surface area contributed by atoms with E-state index in [1.54, 1.807) is 0 Å². The van der Waals surface area contributed by atoms with Crippen LogP contribution >= 0.6 is 0 Å². The lowest BCUT2D eigenvalue weighted by Gasteiger charge is -2.25. The maximum atomic E-state index is 11.9. The van der Waals surface area contributed by atoms with E-state index < -0.39 is 17.0 Å². The lowest BCUT2D eigenvalue weighted by Crippen LogP contribution is -2.50. The number of rotatable bonds is 9. The largest absolute Gasteiger partial charge is 0.353 e. The second-order valence-corrected chi connectivity index (χ2v) is 4.73. The van der Waals surface area contributed by atoms with Crippen LogP contribution < -0.4 is 10.6 Å². The molecule has 0 saturated carbocycles. The summed E-state index contributed by atoms with van der Waals surface area (Å²) in [5.41, 5.74) is 0. The second kappa shape index (κ2) is 9.90. The summed E-state index contributed by atoms with van der Waals surface area (Å²) in [6, 6.07) is -0.890. The highest BCUT2D eigenvalue weighted by atomic mass is 16.9. The minimum absolute atomic E-state index is 0.0355. The molecule has 0 aliphatic carbocycles. The number of hydrogen-bond donors (Lipinski definition) is 2. The van der Waals surface area contributed by atoms with Crippen LogP contribution in [0.15, 0.2) is 0 Å². The molecule has 0 aromatic heterocycles. The van der Waals surface area contributed by atoms with E-state index in [1.807, 2.05) is 0 Å². The van der Waals surface area contributed by atoms with Crippen molar-refractivity contribution in [1.82, 2.24) is 10.6 Å². The first-order chi connectivity index (χ1) is 10.5. The standard InChI is InChI=1S/C12H21N3O7/c1-9(16)14-10(8-21-11-4-2-3-6-20-11)12(17)13-5-7-22-15(18)19/h10-11H,2-8H2,1H3,(H,13,17)(H,14,16)/t10-,11?/m0/s1. The second-order valence-electron chi connectivity index (χ2n) is 4.73. The number of hydrogen-bond acceptors (Lipinski definition) is 7. The molecule has 0 bridgehead atoms. The molecule has 2 atom stereocenters. The van der Waals surface area contributed by atoms with Crippen LogP contribution in [0.4, 0.5) is 0 Å². The minimum Gasteiger partial charge on any atom is -0.353 e. The summed E-state index contributed by atoms with van der Waals surface area (Å²) >= 11 is 0. The molecule has 1 heterocycles. The first kappa shape index (κ1) is 18.1. The molecule has 0 radical (unpaired) electrons. The first-order valence-electron chi connectivity index (χ1n) is 7.04. The van der Waals surface area contributed by atoms with Gasteiger partial charge < -0.3 is 24.9 Å². The van der Waals surface area contributed by atoms with Gasteiger partial charge in [-0.2, -0.15) is 0 Å². The summed E-state index contributed by atoms with van der Waals surface area (Å²) < 4.78 is 10.9. The van der Waals surface area contributed by atoms with Crippen molar-refractivity contribution in [1.29, 1.82) is 0 Å². The fraction of sp³-hybridized carbons (Fsp3) is 0.833. The Bertz CT molecular complexity index is 385. The highest BCUT2D eigenvalue weighted by molar-refractivity contribution is 5.86. The average Bonchev–Trinajstić information content (AvgIpc) is 2.48. The van der Waals surface area contributed by atoms with Crippen molar-refractivity contribution in [3.05, 3.63) is 10.1 Å². The van der Waals surface area contributed by atoms with Crippen molar-refractivity contribution in [2.45, 2.75) is 38.5 Å². The highest BCUT2D eigenvalue weighted by Crippen LogP contribution is 2.13. The highest BCUT2D eigenvalue weighted by Gasteiger charge is 2.22. The van der Waals surface area contributed by atoms with Crippen molar-refractivity contribution in [3.63, 3.8) is 0 Å². The molecule has 1 unspecified atom stereocenters. The van der Waals surface area contributed by atoms with E-state index in [1.165, 1.54) is 6.92 Å². The maximum absolute atomic E-state index is 11.9. The van der Waals surface area contributed by atoms with Crippen LogP contribution in [-0.4, -0.2) is 55.6 Å². The third-order valence-electron chi connectivity index (χ3n) is 2.88. The predicted molar refractivity (Wildman–Crippen MR) is 73.1 cm³/mol. The van der Waals surface area contributed by atoms with E-state index in [4.69, 9.17) is 9.47 Å². The minimum atomic E-state index is -0.943. The summed E-state index contributed by atoms with van der Waals surface area (Å²) in [6.45, 7) is 1.55. The van der Waals surface area contributed by atoms with Gasteiger partial charge in [-0.1, -0.05) is 0 Å². The molecule has 1 aliphatic heterocycles. The normalized spacial score (nSPS) is 19.0. The molecule has 10 heteroatoms. The molecular formula is C12H21N3O7. The van der Waals surface area contributed by atoms with Gasteiger partial charge in [-0.15, -0.1) is 10.1 Å². The van der Waals surface area contributed by atoms with Gasteiger partial charge in [-0.25, -0.2) is 0 Å². The van der Waals surface area contributed by atoms with Crippen LogP contribution in [0, 0.1) is 10.1 Å². The fourth-order valence-electron chi connectivity index (χ4n) is 1.89. The maximum Gasteiger partial charge on any atom is 0.294 e.